The lowest BCUT2D eigenvalue weighted by molar-refractivity contribution is 0.0232. The maximum absolute atomic E-state index is 5.49. The highest BCUT2D eigenvalue weighted by Crippen LogP contribution is 2.17. The largest absolute Gasteiger partial charge is 0.378 e. The molecule has 96 valence electrons. The third-order valence-corrected chi connectivity index (χ3v) is 3.12. The van der Waals surface area contributed by atoms with Gasteiger partial charge in [0.1, 0.15) is 0 Å². The average Bonchev–Trinajstić information content (AvgIpc) is 2.31. The van der Waals surface area contributed by atoms with Crippen LogP contribution in [0.2, 0.25) is 0 Å². The molecule has 2 N–H and O–H groups in total. The molecule has 0 aromatic heterocycles. The zero-order valence-electron chi connectivity index (χ0n) is 11.3. The number of ether oxygens (including phenoxy) is 1. The molecule has 0 heterocycles. The Bertz CT molecular complexity index is 316. The molecule has 0 fully saturated rings. The van der Waals surface area contributed by atoms with Gasteiger partial charge in [-0.2, -0.15) is 0 Å². The van der Waals surface area contributed by atoms with Crippen LogP contribution < -0.4 is 5.73 Å². The Morgan fingerprint density at radius 2 is 1.65 bits per heavy atom. The van der Waals surface area contributed by atoms with Gasteiger partial charge in [0.05, 0.1) is 5.60 Å². The van der Waals surface area contributed by atoms with E-state index < -0.39 is 0 Å². The summed E-state index contributed by atoms with van der Waals surface area (Å²) in [4.78, 5) is 0. The van der Waals surface area contributed by atoms with Crippen molar-refractivity contribution in [1.29, 1.82) is 0 Å². The summed E-state index contributed by atoms with van der Waals surface area (Å²) in [5.41, 5.74) is 8.14. The Hall–Kier alpha value is -0.860. The maximum Gasteiger partial charge on any atom is 0.0662 e. The quantitative estimate of drug-likeness (QED) is 0.737. The number of hydrogen-bond acceptors (Lipinski definition) is 2. The third kappa shape index (κ3) is 5.33. The van der Waals surface area contributed by atoms with Crippen molar-refractivity contribution in [2.75, 3.05) is 13.7 Å². The Kier molecular flexibility index (Phi) is 5.66. The molecule has 0 atom stereocenters. The minimum atomic E-state index is -0.0823. The van der Waals surface area contributed by atoms with Crippen LogP contribution in [0.5, 0.6) is 0 Å². The van der Waals surface area contributed by atoms with Crippen LogP contribution in [0, 0.1) is 0 Å². The van der Waals surface area contributed by atoms with Gasteiger partial charge in [-0.15, -0.1) is 0 Å². The van der Waals surface area contributed by atoms with Gasteiger partial charge in [0.2, 0.25) is 0 Å². The van der Waals surface area contributed by atoms with Crippen LogP contribution in [0.3, 0.4) is 0 Å². The first-order valence-electron chi connectivity index (χ1n) is 6.40. The Morgan fingerprint density at radius 1 is 1.06 bits per heavy atom. The molecular formula is C15H25NO. The van der Waals surface area contributed by atoms with Gasteiger partial charge in [0.25, 0.3) is 0 Å². The van der Waals surface area contributed by atoms with Gasteiger partial charge in [0, 0.05) is 13.5 Å². The molecule has 0 spiro atoms. The topological polar surface area (TPSA) is 35.2 Å². The van der Waals surface area contributed by atoms with Crippen molar-refractivity contribution in [3.63, 3.8) is 0 Å². The molecule has 0 radical (unpaired) electrons. The van der Waals surface area contributed by atoms with Gasteiger partial charge >= 0.3 is 0 Å². The molecule has 1 aromatic rings. The monoisotopic (exact) mass is 235 g/mol. The number of benzene rings is 1. The standard InChI is InChI=1S/C15H25NO/c1-15(2,17-3)12-14-9-7-13(8-10-14)6-4-5-11-16/h7-10H,4-6,11-12,16H2,1-3H3. The van der Waals surface area contributed by atoms with Crippen molar-refractivity contribution in [2.45, 2.75) is 45.1 Å². The minimum absolute atomic E-state index is 0.0823. The molecule has 0 aliphatic carbocycles. The number of aryl methyl sites for hydroxylation is 1. The molecule has 1 aromatic carbocycles. The van der Waals surface area contributed by atoms with E-state index in [4.69, 9.17) is 10.5 Å². The van der Waals surface area contributed by atoms with E-state index in [-0.39, 0.29) is 5.60 Å². The summed E-state index contributed by atoms with van der Waals surface area (Å²) in [5, 5.41) is 0. The van der Waals surface area contributed by atoms with Crippen molar-refractivity contribution in [3.05, 3.63) is 35.4 Å². The second kappa shape index (κ2) is 6.77. The third-order valence-electron chi connectivity index (χ3n) is 3.12. The van der Waals surface area contributed by atoms with E-state index in [1.54, 1.807) is 7.11 Å². The Labute approximate surface area is 105 Å². The molecule has 2 nitrogen and oxygen atoms in total. The van der Waals surface area contributed by atoms with Crippen LogP contribution in [-0.4, -0.2) is 19.3 Å². The predicted octanol–water partition coefficient (Wildman–Crippen LogP) is 2.94. The number of methoxy groups -OCH3 is 1. The highest BCUT2D eigenvalue weighted by atomic mass is 16.5. The number of rotatable bonds is 7. The fraction of sp³-hybridized carbons (Fsp3) is 0.600. The molecule has 1 rings (SSSR count). The van der Waals surface area contributed by atoms with Crippen molar-refractivity contribution >= 4 is 0 Å². The van der Waals surface area contributed by atoms with Gasteiger partial charge < -0.3 is 10.5 Å². The van der Waals surface area contributed by atoms with Crippen LogP contribution in [0.25, 0.3) is 0 Å². The van der Waals surface area contributed by atoms with Crippen molar-refractivity contribution in [1.82, 2.24) is 0 Å². The van der Waals surface area contributed by atoms with Crippen LogP contribution in [0.1, 0.15) is 37.8 Å². The van der Waals surface area contributed by atoms with Crippen molar-refractivity contribution < 1.29 is 4.74 Å². The molecule has 0 unspecified atom stereocenters. The van der Waals surface area contributed by atoms with E-state index >= 15 is 0 Å². The molecule has 0 saturated heterocycles. The summed E-state index contributed by atoms with van der Waals surface area (Å²) < 4.78 is 5.44. The van der Waals surface area contributed by atoms with E-state index in [0.29, 0.717) is 0 Å². The molecule has 0 aliphatic heterocycles. The minimum Gasteiger partial charge on any atom is -0.378 e. The first kappa shape index (κ1) is 14.2. The van der Waals surface area contributed by atoms with Crippen LogP contribution in [-0.2, 0) is 17.6 Å². The molecular weight excluding hydrogens is 210 g/mol. The van der Waals surface area contributed by atoms with Crippen LogP contribution in [0.4, 0.5) is 0 Å². The molecule has 0 aliphatic rings. The summed E-state index contributed by atoms with van der Waals surface area (Å²) >= 11 is 0. The fourth-order valence-corrected chi connectivity index (χ4v) is 1.86. The molecule has 0 bridgehead atoms. The van der Waals surface area contributed by atoms with Gasteiger partial charge in [-0.05, 0) is 50.8 Å². The summed E-state index contributed by atoms with van der Waals surface area (Å²) in [6, 6.07) is 8.85. The molecule has 17 heavy (non-hydrogen) atoms. The highest BCUT2D eigenvalue weighted by molar-refractivity contribution is 5.23. The van der Waals surface area contributed by atoms with Crippen molar-refractivity contribution in [3.8, 4) is 0 Å². The molecule has 0 amide bonds. The normalized spacial score (nSPS) is 11.8. The van der Waals surface area contributed by atoms with E-state index in [9.17, 15) is 0 Å². The number of unbranched alkanes of at least 4 members (excludes halogenated alkanes) is 1. The van der Waals surface area contributed by atoms with E-state index in [1.807, 2.05) is 0 Å². The summed E-state index contributed by atoms with van der Waals surface area (Å²) in [6.07, 6.45) is 4.37. The van der Waals surface area contributed by atoms with E-state index in [0.717, 1.165) is 25.8 Å². The van der Waals surface area contributed by atoms with Crippen molar-refractivity contribution in [2.24, 2.45) is 5.73 Å². The second-order valence-corrected chi connectivity index (χ2v) is 5.20. The summed E-state index contributed by atoms with van der Waals surface area (Å²) in [5.74, 6) is 0. The molecule has 2 heteroatoms. The Balaban J connectivity index is 2.50. The zero-order valence-corrected chi connectivity index (χ0v) is 11.3. The lowest BCUT2D eigenvalue weighted by Gasteiger charge is -2.22. The first-order valence-corrected chi connectivity index (χ1v) is 6.40. The summed E-state index contributed by atoms with van der Waals surface area (Å²) in [7, 11) is 1.77. The SMILES string of the molecule is COC(C)(C)Cc1ccc(CCCCN)cc1. The van der Waals surface area contributed by atoms with Gasteiger partial charge in [-0.25, -0.2) is 0 Å². The van der Waals surface area contributed by atoms with Gasteiger partial charge in [0.15, 0.2) is 0 Å². The predicted molar refractivity (Wildman–Crippen MR) is 73.2 cm³/mol. The fourth-order valence-electron chi connectivity index (χ4n) is 1.86. The number of nitrogens with two attached hydrogens (primary N) is 1. The maximum atomic E-state index is 5.49. The second-order valence-electron chi connectivity index (χ2n) is 5.20. The smallest absolute Gasteiger partial charge is 0.0662 e. The highest BCUT2D eigenvalue weighted by Gasteiger charge is 2.16. The van der Waals surface area contributed by atoms with Crippen LogP contribution in [0.15, 0.2) is 24.3 Å². The Morgan fingerprint density at radius 3 is 2.18 bits per heavy atom. The van der Waals surface area contributed by atoms with Crippen LogP contribution >= 0.6 is 0 Å². The number of hydrogen-bond donors (Lipinski definition) is 1. The summed E-state index contributed by atoms with van der Waals surface area (Å²) in [6.45, 7) is 5.02. The lowest BCUT2D eigenvalue weighted by Crippen LogP contribution is -2.25. The van der Waals surface area contributed by atoms with Gasteiger partial charge in [-0.3, -0.25) is 0 Å². The van der Waals surface area contributed by atoms with Gasteiger partial charge in [-0.1, -0.05) is 24.3 Å². The zero-order chi connectivity index (χ0) is 12.7. The lowest BCUT2D eigenvalue weighted by atomic mass is 9.97. The van der Waals surface area contributed by atoms with E-state index in [2.05, 4.69) is 38.1 Å². The average molecular weight is 235 g/mol. The van der Waals surface area contributed by atoms with E-state index in [1.165, 1.54) is 17.5 Å². The first-order chi connectivity index (χ1) is 8.07. The molecule has 0 saturated carbocycles.